The van der Waals surface area contributed by atoms with E-state index in [1.54, 1.807) is 0 Å². The largest absolute Gasteiger partial charge is 0.353 e. The van der Waals surface area contributed by atoms with E-state index in [0.29, 0.717) is 19.4 Å². The molecule has 1 aromatic carbocycles. The minimum atomic E-state index is -0.783. The van der Waals surface area contributed by atoms with E-state index in [1.807, 2.05) is 32.3 Å². The van der Waals surface area contributed by atoms with Crippen molar-refractivity contribution in [3.8, 4) is 0 Å². The van der Waals surface area contributed by atoms with Crippen LogP contribution in [0.15, 0.2) is 30.3 Å². The number of nitrogens with zero attached hydrogens (tertiary/aromatic N) is 2. The zero-order valence-corrected chi connectivity index (χ0v) is 16.7. The van der Waals surface area contributed by atoms with E-state index in [2.05, 4.69) is 27.7 Å². The van der Waals surface area contributed by atoms with Gasteiger partial charge in [-0.25, -0.2) is 4.79 Å². The molecule has 1 saturated heterocycles. The Hall–Kier alpha value is -2.41. The number of hydrogen-bond donors (Lipinski definition) is 2. The number of urea groups is 1. The van der Waals surface area contributed by atoms with E-state index in [0.717, 1.165) is 30.6 Å². The molecule has 1 heterocycles. The first-order valence-electron chi connectivity index (χ1n) is 10.0. The van der Waals surface area contributed by atoms with Gasteiger partial charge in [-0.2, -0.15) is 0 Å². The summed E-state index contributed by atoms with van der Waals surface area (Å²) >= 11 is 0. The van der Waals surface area contributed by atoms with Crippen LogP contribution in [0.3, 0.4) is 0 Å². The van der Waals surface area contributed by atoms with Crippen molar-refractivity contribution in [2.75, 3.05) is 27.2 Å². The van der Waals surface area contributed by atoms with Crippen molar-refractivity contribution in [2.24, 2.45) is 0 Å². The van der Waals surface area contributed by atoms with Gasteiger partial charge in [0.1, 0.15) is 12.1 Å². The molecule has 3 rings (SSSR count). The molecule has 7 nitrogen and oxygen atoms in total. The summed E-state index contributed by atoms with van der Waals surface area (Å²) in [4.78, 5) is 40.6. The predicted molar refractivity (Wildman–Crippen MR) is 107 cm³/mol. The number of carbonyl (C=O) groups excluding carboxylic acids is 3. The van der Waals surface area contributed by atoms with Gasteiger partial charge in [0.2, 0.25) is 5.91 Å². The van der Waals surface area contributed by atoms with Gasteiger partial charge in [-0.15, -0.1) is 0 Å². The van der Waals surface area contributed by atoms with Gasteiger partial charge in [0, 0.05) is 12.6 Å². The van der Waals surface area contributed by atoms with Crippen molar-refractivity contribution in [2.45, 2.75) is 50.1 Å². The number of carbonyl (C=O) groups is 3. The lowest BCUT2D eigenvalue weighted by Crippen LogP contribution is -2.49. The van der Waals surface area contributed by atoms with Gasteiger partial charge in [-0.05, 0) is 38.9 Å². The highest BCUT2D eigenvalue weighted by atomic mass is 16.2. The zero-order valence-electron chi connectivity index (χ0n) is 16.7. The number of nitrogens with one attached hydrogen (secondary N) is 2. The van der Waals surface area contributed by atoms with Crippen molar-refractivity contribution >= 4 is 17.8 Å². The highest BCUT2D eigenvalue weighted by Gasteiger charge is 2.51. The molecule has 7 heteroatoms. The molecule has 152 valence electrons. The second-order valence-corrected chi connectivity index (χ2v) is 8.08. The normalized spacial score (nSPS) is 19.8. The minimum absolute atomic E-state index is 0.124. The molecule has 2 fully saturated rings. The molecule has 2 aliphatic rings. The van der Waals surface area contributed by atoms with Crippen LogP contribution < -0.4 is 10.6 Å². The van der Waals surface area contributed by atoms with Gasteiger partial charge in [-0.1, -0.05) is 49.6 Å². The standard InChI is InChI=1S/C21H30N4O3/c1-24(2)17(13-16-9-5-3-6-10-16)14-22-18(26)15-25-19(27)21(23-20(25)28)11-7-4-8-12-21/h3,5-6,9-10,17H,4,7-8,11-15H2,1-2H3,(H,22,26)(H,23,28). The predicted octanol–water partition coefficient (Wildman–Crippen LogP) is 1.53. The lowest BCUT2D eigenvalue weighted by atomic mass is 9.82. The van der Waals surface area contributed by atoms with Gasteiger partial charge in [0.25, 0.3) is 5.91 Å². The molecule has 1 spiro atoms. The van der Waals surface area contributed by atoms with Crippen molar-refractivity contribution < 1.29 is 14.4 Å². The Kier molecular flexibility index (Phi) is 6.34. The quantitative estimate of drug-likeness (QED) is 0.697. The minimum Gasteiger partial charge on any atom is -0.353 e. The van der Waals surface area contributed by atoms with Crippen LogP contribution in [0.2, 0.25) is 0 Å². The summed E-state index contributed by atoms with van der Waals surface area (Å²) in [5.74, 6) is -0.558. The second kappa shape index (κ2) is 8.73. The molecule has 1 aliphatic carbocycles. The Morgan fingerprint density at radius 3 is 2.50 bits per heavy atom. The lowest BCUT2D eigenvalue weighted by molar-refractivity contribution is -0.135. The van der Waals surface area contributed by atoms with Crippen LogP contribution in [-0.4, -0.2) is 66.4 Å². The summed E-state index contributed by atoms with van der Waals surface area (Å²) in [5, 5.41) is 5.73. The molecule has 1 unspecified atom stereocenters. The van der Waals surface area contributed by atoms with Crippen LogP contribution in [0, 0.1) is 0 Å². The Balaban J connectivity index is 1.54. The fourth-order valence-electron chi connectivity index (χ4n) is 4.07. The van der Waals surface area contributed by atoms with Gasteiger partial charge in [0.15, 0.2) is 0 Å². The van der Waals surface area contributed by atoms with Gasteiger partial charge < -0.3 is 15.5 Å². The Labute approximate surface area is 166 Å². The average molecular weight is 386 g/mol. The molecule has 0 bridgehead atoms. The van der Waals surface area contributed by atoms with Crippen LogP contribution in [0.25, 0.3) is 0 Å². The van der Waals surface area contributed by atoms with Crippen LogP contribution in [0.4, 0.5) is 4.79 Å². The topological polar surface area (TPSA) is 81.8 Å². The molecule has 2 N–H and O–H groups in total. The summed E-state index contributed by atoms with van der Waals surface area (Å²) in [6.45, 7) is 0.230. The number of hydrogen-bond acceptors (Lipinski definition) is 4. The van der Waals surface area contributed by atoms with E-state index in [1.165, 1.54) is 5.56 Å². The van der Waals surface area contributed by atoms with Crippen LogP contribution in [0.1, 0.15) is 37.7 Å². The van der Waals surface area contributed by atoms with E-state index in [4.69, 9.17) is 0 Å². The highest BCUT2D eigenvalue weighted by molar-refractivity contribution is 6.09. The summed E-state index contributed by atoms with van der Waals surface area (Å²) in [6.07, 6.45) is 5.07. The maximum atomic E-state index is 12.8. The first-order valence-corrected chi connectivity index (χ1v) is 10.0. The summed E-state index contributed by atoms with van der Waals surface area (Å²) in [6, 6.07) is 9.78. The molecule has 1 aliphatic heterocycles. The molecule has 1 saturated carbocycles. The average Bonchev–Trinajstić information content (AvgIpc) is 2.90. The molecule has 1 atom stereocenters. The van der Waals surface area contributed by atoms with E-state index in [9.17, 15) is 14.4 Å². The van der Waals surface area contributed by atoms with Gasteiger partial charge in [0.05, 0.1) is 0 Å². The number of rotatable bonds is 7. The van der Waals surface area contributed by atoms with Crippen molar-refractivity contribution in [1.82, 2.24) is 20.4 Å². The third kappa shape index (κ3) is 4.52. The first kappa shape index (κ1) is 20.3. The summed E-state index contributed by atoms with van der Waals surface area (Å²) in [7, 11) is 3.95. The number of imide groups is 1. The molecular weight excluding hydrogens is 356 g/mol. The molecule has 1 aromatic rings. The van der Waals surface area contributed by atoms with Crippen LogP contribution in [0.5, 0.6) is 0 Å². The second-order valence-electron chi connectivity index (χ2n) is 8.08. The molecule has 0 radical (unpaired) electrons. The summed E-state index contributed by atoms with van der Waals surface area (Å²) in [5.41, 5.74) is 0.415. The Bertz CT molecular complexity index is 714. The summed E-state index contributed by atoms with van der Waals surface area (Å²) < 4.78 is 0. The highest BCUT2D eigenvalue weighted by Crippen LogP contribution is 2.33. The SMILES string of the molecule is CN(C)C(CNC(=O)CN1C(=O)NC2(CCCCC2)C1=O)Cc1ccccc1. The molecule has 0 aromatic heterocycles. The van der Waals surface area contributed by atoms with Crippen LogP contribution >= 0.6 is 0 Å². The molecular formula is C21H30N4O3. The van der Waals surface area contributed by atoms with E-state index >= 15 is 0 Å². The first-order chi connectivity index (χ1) is 13.4. The Morgan fingerprint density at radius 2 is 1.86 bits per heavy atom. The number of likely N-dealkylation sites (N-methyl/N-ethyl adjacent to an activating group) is 1. The number of amides is 4. The van der Waals surface area contributed by atoms with Crippen molar-refractivity contribution in [1.29, 1.82) is 0 Å². The van der Waals surface area contributed by atoms with Crippen molar-refractivity contribution in [3.05, 3.63) is 35.9 Å². The Morgan fingerprint density at radius 1 is 1.18 bits per heavy atom. The third-order valence-electron chi connectivity index (χ3n) is 5.83. The van der Waals surface area contributed by atoms with Gasteiger partial charge >= 0.3 is 6.03 Å². The maximum absolute atomic E-state index is 12.8. The van der Waals surface area contributed by atoms with Crippen molar-refractivity contribution in [3.63, 3.8) is 0 Å². The van der Waals surface area contributed by atoms with E-state index < -0.39 is 11.6 Å². The third-order valence-corrected chi connectivity index (χ3v) is 5.83. The monoisotopic (exact) mass is 386 g/mol. The molecule has 4 amide bonds. The van der Waals surface area contributed by atoms with E-state index in [-0.39, 0.29) is 24.4 Å². The lowest BCUT2D eigenvalue weighted by Gasteiger charge is -2.30. The number of benzene rings is 1. The fraction of sp³-hybridized carbons (Fsp3) is 0.571. The van der Waals surface area contributed by atoms with Crippen LogP contribution in [-0.2, 0) is 16.0 Å². The zero-order chi connectivity index (χ0) is 20.1. The maximum Gasteiger partial charge on any atom is 0.325 e. The smallest absolute Gasteiger partial charge is 0.325 e. The van der Waals surface area contributed by atoms with Gasteiger partial charge in [-0.3, -0.25) is 14.5 Å². The molecule has 28 heavy (non-hydrogen) atoms. The fourth-order valence-corrected chi connectivity index (χ4v) is 4.07.